The van der Waals surface area contributed by atoms with Crippen molar-refractivity contribution in [2.45, 2.75) is 33.8 Å². The van der Waals surface area contributed by atoms with E-state index in [-0.39, 0.29) is 23.0 Å². The van der Waals surface area contributed by atoms with E-state index in [4.69, 9.17) is 20.5 Å². The maximum atomic E-state index is 11.6. The fourth-order valence-electron chi connectivity index (χ4n) is 1.16. The van der Waals surface area contributed by atoms with Crippen LogP contribution in [0.4, 0.5) is 10.5 Å². The van der Waals surface area contributed by atoms with Crippen molar-refractivity contribution < 1.29 is 18.5 Å². The van der Waals surface area contributed by atoms with Crippen molar-refractivity contribution in [1.82, 2.24) is 0 Å². The highest BCUT2D eigenvalue weighted by Crippen LogP contribution is 2.29. The van der Waals surface area contributed by atoms with Crippen LogP contribution < -0.4 is 10.1 Å². The van der Waals surface area contributed by atoms with E-state index in [9.17, 15) is 9.59 Å². The largest absolute Gasteiger partial charge is 0.425 e. The van der Waals surface area contributed by atoms with Gasteiger partial charge < -0.3 is 14.2 Å². The molecule has 0 aromatic heterocycles. The van der Waals surface area contributed by atoms with Crippen LogP contribution >= 0.6 is 23.6 Å². The molecule has 1 rings (SSSR count). The first-order chi connectivity index (χ1) is 9.79. The highest BCUT2D eigenvalue weighted by atomic mass is 35.5. The van der Waals surface area contributed by atoms with Crippen LogP contribution in [0.3, 0.4) is 0 Å². The molecule has 0 aliphatic carbocycles. The number of hydrogen-bond donors (Lipinski definition) is 1. The van der Waals surface area contributed by atoms with Gasteiger partial charge in [0.1, 0.15) is 0 Å². The molecular weight excluding hydrogens is 314 g/mol. The third kappa shape index (κ3) is 6.37. The Morgan fingerprint density at radius 3 is 2.48 bits per heavy atom. The van der Waals surface area contributed by atoms with Crippen molar-refractivity contribution in [2.24, 2.45) is 5.92 Å². The summed E-state index contributed by atoms with van der Waals surface area (Å²) in [5.41, 5.74) is 0.468. The molecule has 0 aliphatic rings. The fraction of sp³-hybridized carbons (Fsp3) is 0.429. The summed E-state index contributed by atoms with van der Waals surface area (Å²) in [5, 5.41) is 2.55. The lowest BCUT2D eigenvalue weighted by molar-refractivity contribution is -0.137. The van der Waals surface area contributed by atoms with Crippen molar-refractivity contribution in [1.29, 1.82) is 0 Å². The van der Waals surface area contributed by atoms with E-state index in [0.717, 1.165) is 12.0 Å². The number of nitrogens with one attached hydrogen (secondary N) is 1. The summed E-state index contributed by atoms with van der Waals surface area (Å²) in [7, 11) is 0. The maximum absolute atomic E-state index is 11.6. The minimum Gasteiger partial charge on any atom is -0.425 e. The van der Waals surface area contributed by atoms with Gasteiger partial charge in [-0.1, -0.05) is 25.4 Å². The lowest BCUT2D eigenvalue weighted by Gasteiger charge is -2.11. The second-order valence-corrected chi connectivity index (χ2v) is 6.00. The summed E-state index contributed by atoms with van der Waals surface area (Å²) in [6.45, 7) is 7.10. The summed E-state index contributed by atoms with van der Waals surface area (Å²) in [6, 6.07) is 4.66. The molecule has 0 atom stereocenters. The van der Waals surface area contributed by atoms with Gasteiger partial charge >= 0.3 is 11.2 Å². The SMILES string of the molecule is CC(C)OSC(=O)Nc1ccc(Cl)c(OC(=O)C(C)C)c1. The number of anilines is 1. The number of hydrogen-bond acceptors (Lipinski definition) is 5. The zero-order chi connectivity index (χ0) is 16.0. The average molecular weight is 332 g/mol. The van der Waals surface area contributed by atoms with Gasteiger partial charge in [0.25, 0.3) is 0 Å². The molecule has 7 heteroatoms. The molecule has 1 N–H and O–H groups in total. The van der Waals surface area contributed by atoms with Crippen molar-refractivity contribution in [3.8, 4) is 5.75 Å². The molecule has 0 aliphatic heterocycles. The summed E-state index contributed by atoms with van der Waals surface area (Å²) >= 11 is 6.68. The Hall–Kier alpha value is -1.24. The van der Waals surface area contributed by atoms with Crippen LogP contribution in [0.25, 0.3) is 0 Å². The van der Waals surface area contributed by atoms with Crippen molar-refractivity contribution >= 4 is 40.5 Å². The number of carbonyl (C=O) groups is 2. The second kappa shape index (κ2) is 8.26. The van der Waals surface area contributed by atoms with E-state index < -0.39 is 5.97 Å². The van der Waals surface area contributed by atoms with Gasteiger partial charge in [-0.2, -0.15) is 0 Å². The molecule has 1 aromatic carbocycles. The Balaban J connectivity index is 2.72. The standard InChI is InChI=1S/C14H18ClNO4S/c1-8(2)13(17)19-12-7-10(5-6-11(12)15)16-14(18)21-20-9(3)4/h5-9H,1-4H3,(H,16,18). The molecule has 0 heterocycles. The Morgan fingerprint density at radius 2 is 1.90 bits per heavy atom. The normalized spacial score (nSPS) is 10.8. The summed E-state index contributed by atoms with van der Waals surface area (Å²) < 4.78 is 10.3. The highest BCUT2D eigenvalue weighted by molar-refractivity contribution is 8.09. The smallest absolute Gasteiger partial charge is 0.313 e. The predicted molar refractivity (Wildman–Crippen MR) is 84.8 cm³/mol. The number of ether oxygens (including phenoxy) is 1. The van der Waals surface area contributed by atoms with Crippen molar-refractivity contribution in [2.75, 3.05) is 5.32 Å². The van der Waals surface area contributed by atoms with Crippen molar-refractivity contribution in [3.63, 3.8) is 0 Å². The molecular formula is C14H18ClNO4S. The molecule has 0 saturated heterocycles. The van der Waals surface area contributed by atoms with Gasteiger partial charge in [-0.25, -0.2) is 0 Å². The van der Waals surface area contributed by atoms with Gasteiger partial charge in [0.2, 0.25) is 0 Å². The van der Waals surface area contributed by atoms with E-state index in [1.807, 2.05) is 13.8 Å². The highest BCUT2D eigenvalue weighted by Gasteiger charge is 2.14. The number of carbonyl (C=O) groups excluding carboxylic acids is 2. The van der Waals surface area contributed by atoms with Crippen LogP contribution in [0.1, 0.15) is 27.7 Å². The van der Waals surface area contributed by atoms with E-state index in [2.05, 4.69) is 5.32 Å². The average Bonchev–Trinajstić information content (AvgIpc) is 2.40. The molecule has 21 heavy (non-hydrogen) atoms. The van der Waals surface area contributed by atoms with E-state index >= 15 is 0 Å². The van der Waals surface area contributed by atoms with Crippen LogP contribution in [0, 0.1) is 5.92 Å². The van der Waals surface area contributed by atoms with Crippen LogP contribution in [0.5, 0.6) is 5.75 Å². The predicted octanol–water partition coefficient (Wildman–Crippen LogP) is 4.51. The molecule has 0 fully saturated rings. The summed E-state index contributed by atoms with van der Waals surface area (Å²) in [5.74, 6) is -0.449. The molecule has 0 radical (unpaired) electrons. The Morgan fingerprint density at radius 1 is 1.24 bits per heavy atom. The second-order valence-electron chi connectivity index (χ2n) is 4.86. The molecule has 116 valence electrons. The number of esters is 1. The minimum absolute atomic E-state index is 0.0616. The Labute approximate surface area is 133 Å². The van der Waals surface area contributed by atoms with Crippen molar-refractivity contribution in [3.05, 3.63) is 23.2 Å². The van der Waals surface area contributed by atoms with Gasteiger partial charge in [-0.3, -0.25) is 9.59 Å². The first kappa shape index (κ1) is 17.8. The van der Waals surface area contributed by atoms with Gasteiger partial charge in [-0.05, 0) is 26.0 Å². The van der Waals surface area contributed by atoms with E-state index in [0.29, 0.717) is 10.7 Å². The van der Waals surface area contributed by atoms with Gasteiger partial charge in [0, 0.05) is 11.8 Å². The van der Waals surface area contributed by atoms with Crippen LogP contribution in [0.2, 0.25) is 5.02 Å². The number of benzene rings is 1. The molecule has 0 spiro atoms. The van der Waals surface area contributed by atoms with E-state index in [1.54, 1.807) is 26.0 Å². The first-order valence-corrected chi connectivity index (χ1v) is 7.57. The monoisotopic (exact) mass is 331 g/mol. The third-order valence-corrected chi connectivity index (χ3v) is 3.22. The number of rotatable bonds is 5. The lowest BCUT2D eigenvalue weighted by atomic mass is 10.2. The maximum Gasteiger partial charge on any atom is 0.313 e. The minimum atomic E-state index is -0.391. The number of halogens is 1. The third-order valence-electron chi connectivity index (χ3n) is 2.18. The molecule has 1 amide bonds. The van der Waals surface area contributed by atoms with Crippen LogP contribution in [0.15, 0.2) is 18.2 Å². The lowest BCUT2D eigenvalue weighted by Crippen LogP contribution is -2.15. The quantitative estimate of drug-likeness (QED) is 0.488. The zero-order valence-corrected chi connectivity index (χ0v) is 13.9. The number of amides is 1. The van der Waals surface area contributed by atoms with Gasteiger partial charge in [0.05, 0.1) is 29.1 Å². The molecule has 0 bridgehead atoms. The first-order valence-electron chi connectivity index (χ1n) is 6.45. The molecule has 5 nitrogen and oxygen atoms in total. The zero-order valence-electron chi connectivity index (χ0n) is 12.3. The van der Waals surface area contributed by atoms with Crippen LogP contribution in [-0.2, 0) is 8.98 Å². The summed E-state index contributed by atoms with van der Waals surface area (Å²) in [4.78, 5) is 23.2. The van der Waals surface area contributed by atoms with Gasteiger partial charge in [0.15, 0.2) is 5.75 Å². The summed E-state index contributed by atoms with van der Waals surface area (Å²) in [6.07, 6.45) is -0.0616. The topological polar surface area (TPSA) is 64.6 Å². The van der Waals surface area contributed by atoms with E-state index in [1.165, 1.54) is 6.07 Å². The Kier molecular flexibility index (Phi) is 7.01. The Bertz CT molecular complexity index is 520. The molecule has 0 saturated carbocycles. The molecule has 1 aromatic rings. The van der Waals surface area contributed by atoms with Crippen LogP contribution in [-0.4, -0.2) is 17.3 Å². The molecule has 0 unspecified atom stereocenters. The fourth-order valence-corrected chi connectivity index (χ4v) is 1.76. The van der Waals surface area contributed by atoms with Gasteiger partial charge in [-0.15, -0.1) is 0 Å².